The van der Waals surface area contributed by atoms with Gasteiger partial charge in [-0.3, -0.25) is 4.79 Å². The Hall–Kier alpha value is -2.54. The lowest BCUT2D eigenvalue weighted by Crippen LogP contribution is -2.12. The van der Waals surface area contributed by atoms with Crippen LogP contribution in [0, 0.1) is 6.92 Å². The summed E-state index contributed by atoms with van der Waals surface area (Å²) in [5.74, 6) is -0.0374. The van der Waals surface area contributed by atoms with Gasteiger partial charge in [-0.1, -0.05) is 11.6 Å². The van der Waals surface area contributed by atoms with Crippen LogP contribution in [-0.2, 0) is 0 Å². The number of alkyl halides is 2. The Morgan fingerprint density at radius 2 is 2.04 bits per heavy atom. The van der Waals surface area contributed by atoms with E-state index in [9.17, 15) is 13.6 Å². The number of hydrogen-bond donors (Lipinski definition) is 1. The zero-order valence-corrected chi connectivity index (χ0v) is 12.6. The van der Waals surface area contributed by atoms with Crippen molar-refractivity contribution in [3.8, 4) is 16.9 Å². The summed E-state index contributed by atoms with van der Waals surface area (Å²) in [6.45, 7) is -1.34. The van der Waals surface area contributed by atoms with Gasteiger partial charge in [0.15, 0.2) is 5.65 Å². The van der Waals surface area contributed by atoms with Gasteiger partial charge < -0.3 is 9.72 Å². The van der Waals surface area contributed by atoms with Gasteiger partial charge in [0.2, 0.25) is 0 Å². The first-order valence-corrected chi connectivity index (χ1v) is 6.94. The highest BCUT2D eigenvalue weighted by molar-refractivity contribution is 6.33. The maximum absolute atomic E-state index is 12.2. The number of aromatic amines is 1. The lowest BCUT2D eigenvalue weighted by atomic mass is 10.1. The highest BCUT2D eigenvalue weighted by atomic mass is 35.5. The van der Waals surface area contributed by atoms with E-state index in [2.05, 4.69) is 19.7 Å². The van der Waals surface area contributed by atoms with Crippen molar-refractivity contribution < 1.29 is 13.5 Å². The van der Waals surface area contributed by atoms with Gasteiger partial charge in [-0.15, -0.1) is 0 Å². The van der Waals surface area contributed by atoms with Crippen LogP contribution in [0.1, 0.15) is 5.69 Å². The van der Waals surface area contributed by atoms with E-state index in [0.29, 0.717) is 28.0 Å². The Balaban J connectivity index is 2.17. The average molecular weight is 338 g/mol. The fraction of sp³-hybridized carbons (Fsp3) is 0.133. The molecule has 118 valence electrons. The first kappa shape index (κ1) is 15.4. The summed E-state index contributed by atoms with van der Waals surface area (Å²) in [6.07, 6.45) is 1.50. The molecule has 0 saturated carbocycles. The predicted molar refractivity (Wildman–Crippen MR) is 82.0 cm³/mol. The maximum atomic E-state index is 12.2. The molecule has 2 aromatic heterocycles. The van der Waals surface area contributed by atoms with Gasteiger partial charge in [0.05, 0.1) is 5.02 Å². The monoisotopic (exact) mass is 337 g/mol. The van der Waals surface area contributed by atoms with Crippen molar-refractivity contribution in [2.75, 3.05) is 0 Å². The minimum atomic E-state index is -2.92. The van der Waals surface area contributed by atoms with Crippen LogP contribution >= 0.6 is 11.6 Å². The standard InChI is InChI=1S/C15H10ClF2N3O2/c1-7-14(22)21-13-12(20-7)10(4-5-19-13)9-3-2-8(6-11(9)16)23-15(17)18/h2-6,15H,1H3,(H,19,21,22). The smallest absolute Gasteiger partial charge is 0.387 e. The van der Waals surface area contributed by atoms with Gasteiger partial charge in [0.25, 0.3) is 5.56 Å². The number of rotatable bonds is 3. The second-order valence-corrected chi connectivity index (χ2v) is 5.13. The van der Waals surface area contributed by atoms with E-state index in [1.165, 1.54) is 18.3 Å². The van der Waals surface area contributed by atoms with Crippen LogP contribution in [0.15, 0.2) is 35.3 Å². The molecule has 0 aliphatic heterocycles. The number of ether oxygens (including phenoxy) is 1. The van der Waals surface area contributed by atoms with Gasteiger partial charge >= 0.3 is 6.61 Å². The van der Waals surface area contributed by atoms with E-state index in [0.717, 1.165) is 0 Å². The molecule has 0 aliphatic carbocycles. The van der Waals surface area contributed by atoms with Crippen LogP contribution < -0.4 is 10.3 Å². The zero-order valence-electron chi connectivity index (χ0n) is 11.8. The van der Waals surface area contributed by atoms with Gasteiger partial charge in [0, 0.05) is 17.3 Å². The van der Waals surface area contributed by atoms with Crippen molar-refractivity contribution in [2.24, 2.45) is 0 Å². The van der Waals surface area contributed by atoms with E-state index in [1.807, 2.05) is 0 Å². The summed E-state index contributed by atoms with van der Waals surface area (Å²) in [5.41, 5.74) is 1.95. The molecule has 3 rings (SSSR count). The average Bonchev–Trinajstić information content (AvgIpc) is 2.48. The summed E-state index contributed by atoms with van der Waals surface area (Å²) >= 11 is 6.17. The molecule has 23 heavy (non-hydrogen) atoms. The quantitative estimate of drug-likeness (QED) is 0.793. The number of halogens is 3. The Morgan fingerprint density at radius 3 is 2.74 bits per heavy atom. The third kappa shape index (κ3) is 3.00. The number of pyridine rings is 1. The molecule has 0 spiro atoms. The lowest BCUT2D eigenvalue weighted by Gasteiger charge is -2.10. The van der Waals surface area contributed by atoms with E-state index in [4.69, 9.17) is 11.6 Å². The van der Waals surface area contributed by atoms with Crippen molar-refractivity contribution in [2.45, 2.75) is 13.5 Å². The summed E-state index contributed by atoms with van der Waals surface area (Å²) in [7, 11) is 0. The molecule has 0 fully saturated rings. The largest absolute Gasteiger partial charge is 0.435 e. The minimum Gasteiger partial charge on any atom is -0.435 e. The van der Waals surface area contributed by atoms with Gasteiger partial charge in [0.1, 0.15) is 17.0 Å². The Labute approximate surface area is 133 Å². The molecular weight excluding hydrogens is 328 g/mol. The molecule has 1 aromatic carbocycles. The van der Waals surface area contributed by atoms with Crippen molar-refractivity contribution in [1.82, 2.24) is 15.0 Å². The molecular formula is C15H10ClF2N3O2. The first-order chi connectivity index (χ1) is 11.0. The maximum Gasteiger partial charge on any atom is 0.387 e. The van der Waals surface area contributed by atoms with E-state index >= 15 is 0 Å². The van der Waals surface area contributed by atoms with Crippen LogP contribution in [0.4, 0.5) is 8.78 Å². The van der Waals surface area contributed by atoms with Crippen LogP contribution in [0.3, 0.4) is 0 Å². The summed E-state index contributed by atoms with van der Waals surface area (Å²) in [5, 5.41) is 0.223. The molecule has 0 radical (unpaired) electrons. The highest BCUT2D eigenvalue weighted by Crippen LogP contribution is 2.34. The summed E-state index contributed by atoms with van der Waals surface area (Å²) in [4.78, 5) is 22.6. The third-order valence-corrected chi connectivity index (χ3v) is 3.53. The Kier molecular flexibility index (Phi) is 3.96. The number of benzene rings is 1. The van der Waals surface area contributed by atoms with Gasteiger partial charge in [-0.05, 0) is 31.2 Å². The van der Waals surface area contributed by atoms with Crippen LogP contribution in [0.25, 0.3) is 22.3 Å². The fourth-order valence-corrected chi connectivity index (χ4v) is 2.46. The number of fused-ring (bicyclic) bond motifs is 1. The molecule has 0 saturated heterocycles. The molecule has 8 heteroatoms. The molecule has 1 N–H and O–H groups in total. The van der Waals surface area contributed by atoms with Crippen LogP contribution in [-0.4, -0.2) is 21.6 Å². The SMILES string of the molecule is Cc1nc2c(-c3ccc(OC(F)F)cc3Cl)ccnc2[nH]c1=O. The van der Waals surface area contributed by atoms with Crippen LogP contribution in [0.2, 0.25) is 5.02 Å². The molecule has 2 heterocycles. The van der Waals surface area contributed by atoms with Crippen molar-refractivity contribution in [3.05, 3.63) is 51.5 Å². The number of aromatic nitrogens is 3. The van der Waals surface area contributed by atoms with E-state index in [-0.39, 0.29) is 16.3 Å². The topological polar surface area (TPSA) is 67.9 Å². The van der Waals surface area contributed by atoms with Crippen molar-refractivity contribution in [1.29, 1.82) is 0 Å². The number of aryl methyl sites for hydroxylation is 1. The molecule has 0 bridgehead atoms. The van der Waals surface area contributed by atoms with Crippen LogP contribution in [0.5, 0.6) is 5.75 Å². The Bertz CT molecular complexity index is 944. The third-order valence-electron chi connectivity index (χ3n) is 3.22. The van der Waals surface area contributed by atoms with Crippen molar-refractivity contribution >= 4 is 22.8 Å². The molecule has 0 aliphatic rings. The first-order valence-electron chi connectivity index (χ1n) is 6.56. The summed E-state index contributed by atoms with van der Waals surface area (Å²) in [6, 6.07) is 5.92. The number of nitrogens with one attached hydrogen (secondary N) is 1. The molecule has 0 unspecified atom stereocenters. The zero-order chi connectivity index (χ0) is 16.6. The van der Waals surface area contributed by atoms with E-state index in [1.54, 1.807) is 19.1 Å². The Morgan fingerprint density at radius 1 is 1.26 bits per heavy atom. The molecule has 3 aromatic rings. The van der Waals surface area contributed by atoms with E-state index < -0.39 is 6.61 Å². The lowest BCUT2D eigenvalue weighted by molar-refractivity contribution is -0.0498. The summed E-state index contributed by atoms with van der Waals surface area (Å²) < 4.78 is 28.8. The number of H-pyrrole nitrogens is 1. The number of nitrogens with zero attached hydrogens (tertiary/aromatic N) is 2. The normalized spacial score (nSPS) is 11.2. The predicted octanol–water partition coefficient (Wildman–Crippen LogP) is 3.55. The van der Waals surface area contributed by atoms with Gasteiger partial charge in [-0.2, -0.15) is 8.78 Å². The number of hydrogen-bond acceptors (Lipinski definition) is 4. The minimum absolute atomic E-state index is 0.0374. The van der Waals surface area contributed by atoms with Crippen molar-refractivity contribution in [3.63, 3.8) is 0 Å². The second kappa shape index (κ2) is 5.92. The highest BCUT2D eigenvalue weighted by Gasteiger charge is 2.13. The molecule has 5 nitrogen and oxygen atoms in total. The fourth-order valence-electron chi connectivity index (χ4n) is 2.18. The molecule has 0 amide bonds. The second-order valence-electron chi connectivity index (χ2n) is 4.73. The molecule has 0 atom stereocenters. The van der Waals surface area contributed by atoms with Gasteiger partial charge in [-0.25, -0.2) is 9.97 Å².